The summed E-state index contributed by atoms with van der Waals surface area (Å²) in [6.07, 6.45) is 1.25. The molecule has 94 valence electrons. The summed E-state index contributed by atoms with van der Waals surface area (Å²) < 4.78 is 0. The molecule has 2 rings (SSSR count). The van der Waals surface area contributed by atoms with Crippen molar-refractivity contribution in [3.8, 4) is 0 Å². The maximum atomic E-state index is 6.21. The second kappa shape index (κ2) is 5.28. The van der Waals surface area contributed by atoms with Gasteiger partial charge in [-0.2, -0.15) is 0 Å². The Hall–Kier alpha value is -0.730. The van der Waals surface area contributed by atoms with Crippen LogP contribution in [-0.2, 0) is 6.54 Å². The van der Waals surface area contributed by atoms with Crippen molar-refractivity contribution in [2.45, 2.75) is 26.8 Å². The number of hydrogen-bond acceptors (Lipinski definition) is 2. The van der Waals surface area contributed by atoms with Crippen LogP contribution in [0.4, 0.5) is 5.69 Å². The molecule has 2 nitrogen and oxygen atoms in total. The van der Waals surface area contributed by atoms with Gasteiger partial charge in [-0.1, -0.05) is 31.5 Å². The maximum absolute atomic E-state index is 6.21. The van der Waals surface area contributed by atoms with Gasteiger partial charge in [-0.3, -0.25) is 0 Å². The van der Waals surface area contributed by atoms with Crippen LogP contribution >= 0.6 is 11.6 Å². The van der Waals surface area contributed by atoms with Crippen LogP contribution in [0.3, 0.4) is 0 Å². The van der Waals surface area contributed by atoms with Crippen LogP contribution < -0.4 is 10.6 Å². The van der Waals surface area contributed by atoms with E-state index in [1.54, 1.807) is 0 Å². The fourth-order valence-electron chi connectivity index (χ4n) is 2.53. The molecule has 1 aliphatic heterocycles. The summed E-state index contributed by atoms with van der Waals surface area (Å²) in [4.78, 5) is 2.43. The van der Waals surface area contributed by atoms with Gasteiger partial charge in [0, 0.05) is 35.9 Å². The van der Waals surface area contributed by atoms with E-state index in [4.69, 9.17) is 17.3 Å². The highest BCUT2D eigenvalue weighted by Crippen LogP contribution is 2.32. The van der Waals surface area contributed by atoms with Gasteiger partial charge in [0.2, 0.25) is 0 Å². The van der Waals surface area contributed by atoms with Crippen LogP contribution in [0.2, 0.25) is 5.02 Å². The summed E-state index contributed by atoms with van der Waals surface area (Å²) in [6, 6.07) is 6.07. The summed E-state index contributed by atoms with van der Waals surface area (Å²) in [6.45, 7) is 7.39. The fourth-order valence-corrected chi connectivity index (χ4v) is 2.77. The van der Waals surface area contributed by atoms with Gasteiger partial charge in [0.15, 0.2) is 0 Å². The van der Waals surface area contributed by atoms with Crippen molar-refractivity contribution in [1.82, 2.24) is 0 Å². The Bertz CT molecular complexity index is 392. The minimum Gasteiger partial charge on any atom is -0.371 e. The predicted molar refractivity (Wildman–Crippen MR) is 74.5 cm³/mol. The van der Waals surface area contributed by atoms with E-state index in [-0.39, 0.29) is 0 Å². The molecule has 2 atom stereocenters. The molecular formula is C14H21ClN2. The molecule has 17 heavy (non-hydrogen) atoms. The highest BCUT2D eigenvalue weighted by Gasteiger charge is 2.24. The normalized spacial score (nSPS) is 25.1. The number of rotatable bonds is 2. The van der Waals surface area contributed by atoms with E-state index in [0.29, 0.717) is 6.54 Å². The zero-order chi connectivity index (χ0) is 12.4. The van der Waals surface area contributed by atoms with Gasteiger partial charge in [-0.15, -0.1) is 0 Å². The molecule has 1 saturated heterocycles. The number of halogens is 1. The summed E-state index contributed by atoms with van der Waals surface area (Å²) >= 11 is 6.21. The molecular weight excluding hydrogens is 232 g/mol. The topological polar surface area (TPSA) is 29.3 Å². The van der Waals surface area contributed by atoms with Gasteiger partial charge in [-0.05, 0) is 30.4 Å². The average molecular weight is 253 g/mol. The Morgan fingerprint density at radius 2 is 2.12 bits per heavy atom. The molecule has 0 radical (unpaired) electrons. The largest absolute Gasteiger partial charge is 0.371 e. The average Bonchev–Trinajstić information content (AvgIpc) is 2.32. The van der Waals surface area contributed by atoms with E-state index in [1.807, 2.05) is 12.1 Å². The lowest BCUT2D eigenvalue weighted by atomic mass is 9.88. The number of anilines is 1. The molecule has 1 aliphatic rings. The van der Waals surface area contributed by atoms with Crippen LogP contribution in [0.1, 0.15) is 25.8 Å². The highest BCUT2D eigenvalue weighted by molar-refractivity contribution is 6.31. The molecule has 0 bridgehead atoms. The molecule has 0 amide bonds. The van der Waals surface area contributed by atoms with Crippen molar-refractivity contribution in [2.24, 2.45) is 17.6 Å². The summed E-state index contributed by atoms with van der Waals surface area (Å²) in [5.41, 5.74) is 8.11. The monoisotopic (exact) mass is 252 g/mol. The van der Waals surface area contributed by atoms with Crippen LogP contribution in [0.15, 0.2) is 18.2 Å². The van der Waals surface area contributed by atoms with Crippen molar-refractivity contribution in [1.29, 1.82) is 0 Å². The number of piperidine rings is 1. The standard InChI is InChI=1S/C14H21ClN2/c1-10-6-7-17(9-11(10)2)14-5-3-4-13(15)12(14)8-16/h3-5,10-11H,6-9,16H2,1-2H3. The molecule has 2 N–H and O–H groups in total. The molecule has 2 unspecified atom stereocenters. The third-order valence-electron chi connectivity index (χ3n) is 3.97. The summed E-state index contributed by atoms with van der Waals surface area (Å²) in [7, 11) is 0. The lowest BCUT2D eigenvalue weighted by Gasteiger charge is -2.37. The minimum absolute atomic E-state index is 0.509. The fraction of sp³-hybridized carbons (Fsp3) is 0.571. The van der Waals surface area contributed by atoms with Crippen molar-refractivity contribution in [3.05, 3.63) is 28.8 Å². The Labute approximate surface area is 109 Å². The SMILES string of the molecule is CC1CCN(c2cccc(Cl)c2CN)CC1C. The van der Waals surface area contributed by atoms with Crippen molar-refractivity contribution < 1.29 is 0 Å². The molecule has 1 aromatic rings. The molecule has 0 aromatic heterocycles. The number of nitrogens with two attached hydrogens (primary N) is 1. The molecule has 0 aliphatic carbocycles. The number of benzene rings is 1. The van der Waals surface area contributed by atoms with E-state index in [9.17, 15) is 0 Å². The van der Waals surface area contributed by atoms with Gasteiger partial charge < -0.3 is 10.6 Å². The first kappa shape index (κ1) is 12.7. The molecule has 1 fully saturated rings. The van der Waals surface area contributed by atoms with Crippen LogP contribution in [0, 0.1) is 11.8 Å². The van der Waals surface area contributed by atoms with Crippen LogP contribution in [0.5, 0.6) is 0 Å². The van der Waals surface area contributed by atoms with Gasteiger partial charge in [0.25, 0.3) is 0 Å². The Morgan fingerprint density at radius 3 is 2.76 bits per heavy atom. The third-order valence-corrected chi connectivity index (χ3v) is 4.33. The first-order chi connectivity index (χ1) is 8.13. The van der Waals surface area contributed by atoms with Crippen LogP contribution in [0.25, 0.3) is 0 Å². The molecule has 0 spiro atoms. The van der Waals surface area contributed by atoms with Gasteiger partial charge >= 0.3 is 0 Å². The third kappa shape index (κ3) is 2.58. The van der Waals surface area contributed by atoms with E-state index in [1.165, 1.54) is 12.1 Å². The molecule has 1 aromatic carbocycles. The highest BCUT2D eigenvalue weighted by atomic mass is 35.5. The van der Waals surface area contributed by atoms with Crippen molar-refractivity contribution in [2.75, 3.05) is 18.0 Å². The van der Waals surface area contributed by atoms with Gasteiger partial charge in [0.1, 0.15) is 0 Å². The Balaban J connectivity index is 2.25. The second-order valence-corrected chi connectivity index (χ2v) is 5.54. The predicted octanol–water partition coefficient (Wildman–Crippen LogP) is 3.28. The molecule has 3 heteroatoms. The lowest BCUT2D eigenvalue weighted by molar-refractivity contribution is 0.323. The van der Waals surface area contributed by atoms with E-state index < -0.39 is 0 Å². The van der Waals surface area contributed by atoms with Crippen molar-refractivity contribution in [3.63, 3.8) is 0 Å². The van der Waals surface area contributed by atoms with Gasteiger partial charge in [-0.25, -0.2) is 0 Å². The van der Waals surface area contributed by atoms with E-state index in [0.717, 1.165) is 35.5 Å². The quantitative estimate of drug-likeness (QED) is 0.875. The first-order valence-electron chi connectivity index (χ1n) is 6.36. The van der Waals surface area contributed by atoms with Crippen LogP contribution in [-0.4, -0.2) is 13.1 Å². The number of nitrogens with zero attached hydrogens (tertiary/aromatic N) is 1. The van der Waals surface area contributed by atoms with Crippen molar-refractivity contribution >= 4 is 17.3 Å². The minimum atomic E-state index is 0.509. The second-order valence-electron chi connectivity index (χ2n) is 5.13. The first-order valence-corrected chi connectivity index (χ1v) is 6.73. The van der Waals surface area contributed by atoms with E-state index in [2.05, 4.69) is 24.8 Å². The molecule has 1 heterocycles. The van der Waals surface area contributed by atoms with E-state index >= 15 is 0 Å². The summed E-state index contributed by atoms with van der Waals surface area (Å²) in [5.74, 6) is 1.54. The van der Waals surface area contributed by atoms with Gasteiger partial charge in [0.05, 0.1) is 0 Å². The smallest absolute Gasteiger partial charge is 0.0471 e. The molecule has 0 saturated carbocycles. The maximum Gasteiger partial charge on any atom is 0.0471 e. The Kier molecular flexibility index (Phi) is 3.95. The lowest BCUT2D eigenvalue weighted by Crippen LogP contribution is -2.39. The zero-order valence-electron chi connectivity index (χ0n) is 10.6. The zero-order valence-corrected chi connectivity index (χ0v) is 11.4. The summed E-state index contributed by atoms with van der Waals surface area (Å²) in [5, 5.41) is 0.788. The Morgan fingerprint density at radius 1 is 1.35 bits per heavy atom. The number of hydrogen-bond donors (Lipinski definition) is 1.